The van der Waals surface area contributed by atoms with E-state index in [2.05, 4.69) is 39.3 Å². The maximum Gasteiger partial charge on any atom is 0.246 e. The summed E-state index contributed by atoms with van der Waals surface area (Å²) in [5.41, 5.74) is 8.35. The minimum atomic E-state index is 0.505. The molecule has 0 aliphatic carbocycles. The van der Waals surface area contributed by atoms with Crippen LogP contribution in [0.25, 0.3) is 0 Å². The normalized spacial score (nSPS) is 17.8. The number of fused-ring (bicyclic) bond motifs is 1. The van der Waals surface area contributed by atoms with Gasteiger partial charge in [0.05, 0.1) is 6.54 Å². The molecule has 5 heteroatoms. The highest BCUT2D eigenvalue weighted by molar-refractivity contribution is 5.60. The van der Waals surface area contributed by atoms with Gasteiger partial charge in [0.15, 0.2) is 5.82 Å². The molecule has 1 aromatic heterocycles. The highest BCUT2D eigenvalue weighted by Crippen LogP contribution is 2.38. The number of hydrogen-bond acceptors (Lipinski definition) is 5. The van der Waals surface area contributed by atoms with Crippen LogP contribution in [0, 0.1) is 6.92 Å². The van der Waals surface area contributed by atoms with Crippen LogP contribution in [0.15, 0.2) is 28.8 Å². The summed E-state index contributed by atoms with van der Waals surface area (Å²) < 4.78 is 5.21. The Morgan fingerprint density at radius 1 is 1.42 bits per heavy atom. The van der Waals surface area contributed by atoms with Crippen molar-refractivity contribution in [3.8, 4) is 0 Å². The Hall–Kier alpha value is -1.88. The summed E-state index contributed by atoms with van der Waals surface area (Å²) in [5, 5.41) is 3.84. The standard InChI is InChI=1S/C14H18N4O/c1-10-16-14(19-17-10)9-18-8-11(6-7-15)12-4-2-3-5-13(12)18/h2-5,11H,6-9,15H2,1H3. The van der Waals surface area contributed by atoms with E-state index in [1.807, 2.05) is 6.92 Å². The highest BCUT2D eigenvalue weighted by atomic mass is 16.5. The number of nitrogens with two attached hydrogens (primary N) is 1. The molecule has 0 amide bonds. The van der Waals surface area contributed by atoms with Crippen molar-refractivity contribution < 1.29 is 4.52 Å². The molecule has 1 unspecified atom stereocenters. The van der Waals surface area contributed by atoms with Gasteiger partial charge in [0, 0.05) is 18.2 Å². The average Bonchev–Trinajstić information content (AvgIpc) is 2.97. The zero-order valence-corrected chi connectivity index (χ0v) is 11.0. The first-order valence-corrected chi connectivity index (χ1v) is 6.61. The zero-order valence-electron chi connectivity index (χ0n) is 11.0. The second-order valence-corrected chi connectivity index (χ2v) is 4.95. The van der Waals surface area contributed by atoms with Gasteiger partial charge in [0.1, 0.15) is 0 Å². The number of para-hydroxylation sites is 1. The lowest BCUT2D eigenvalue weighted by Crippen LogP contribution is -2.22. The number of hydrogen-bond donors (Lipinski definition) is 1. The zero-order chi connectivity index (χ0) is 13.2. The molecule has 3 rings (SSSR count). The number of anilines is 1. The van der Waals surface area contributed by atoms with E-state index in [0.717, 1.165) is 13.0 Å². The van der Waals surface area contributed by atoms with E-state index in [9.17, 15) is 0 Å². The van der Waals surface area contributed by atoms with Gasteiger partial charge >= 0.3 is 0 Å². The molecule has 0 saturated carbocycles. The largest absolute Gasteiger partial charge is 0.361 e. The van der Waals surface area contributed by atoms with Crippen LogP contribution in [0.2, 0.25) is 0 Å². The maximum atomic E-state index is 5.71. The maximum absolute atomic E-state index is 5.71. The van der Waals surface area contributed by atoms with Crippen LogP contribution in [0.3, 0.4) is 0 Å². The molecule has 2 N–H and O–H groups in total. The molecular weight excluding hydrogens is 240 g/mol. The van der Waals surface area contributed by atoms with E-state index < -0.39 is 0 Å². The van der Waals surface area contributed by atoms with E-state index >= 15 is 0 Å². The van der Waals surface area contributed by atoms with E-state index in [1.165, 1.54) is 11.3 Å². The third kappa shape index (κ3) is 2.33. The Bertz CT molecular complexity index is 566. The summed E-state index contributed by atoms with van der Waals surface area (Å²) in [4.78, 5) is 6.57. The van der Waals surface area contributed by atoms with Gasteiger partial charge in [0.2, 0.25) is 5.89 Å². The summed E-state index contributed by atoms with van der Waals surface area (Å²) in [6.07, 6.45) is 1.01. The van der Waals surface area contributed by atoms with E-state index in [0.29, 0.717) is 30.7 Å². The van der Waals surface area contributed by atoms with Gasteiger partial charge in [-0.25, -0.2) is 0 Å². The third-order valence-electron chi connectivity index (χ3n) is 3.57. The molecule has 0 radical (unpaired) electrons. The molecule has 2 heterocycles. The van der Waals surface area contributed by atoms with E-state index in [1.54, 1.807) is 0 Å². The monoisotopic (exact) mass is 258 g/mol. The van der Waals surface area contributed by atoms with Crippen LogP contribution in [0.1, 0.15) is 29.6 Å². The number of rotatable bonds is 4. The summed E-state index contributed by atoms with van der Waals surface area (Å²) in [7, 11) is 0. The number of aromatic nitrogens is 2. The molecule has 0 fully saturated rings. The fraction of sp³-hybridized carbons (Fsp3) is 0.429. The van der Waals surface area contributed by atoms with Crippen molar-refractivity contribution >= 4 is 5.69 Å². The summed E-state index contributed by atoms with van der Waals surface area (Å²) in [6.45, 7) is 4.19. The van der Waals surface area contributed by atoms with Crippen molar-refractivity contribution in [3.05, 3.63) is 41.5 Å². The second-order valence-electron chi connectivity index (χ2n) is 4.95. The van der Waals surface area contributed by atoms with E-state index in [4.69, 9.17) is 10.3 Å². The fourth-order valence-electron chi connectivity index (χ4n) is 2.75. The van der Waals surface area contributed by atoms with Crippen LogP contribution in [-0.4, -0.2) is 23.2 Å². The smallest absolute Gasteiger partial charge is 0.246 e. The molecule has 1 atom stereocenters. The Labute approximate surface area is 112 Å². The van der Waals surface area contributed by atoms with Gasteiger partial charge < -0.3 is 15.2 Å². The molecule has 0 bridgehead atoms. The lowest BCUT2D eigenvalue weighted by molar-refractivity contribution is 0.372. The molecule has 1 aliphatic rings. The van der Waals surface area contributed by atoms with Gasteiger partial charge in [-0.1, -0.05) is 23.4 Å². The van der Waals surface area contributed by atoms with Gasteiger partial charge in [-0.15, -0.1) is 0 Å². The van der Waals surface area contributed by atoms with Crippen molar-refractivity contribution in [1.82, 2.24) is 10.1 Å². The second kappa shape index (κ2) is 5.01. The Balaban J connectivity index is 1.84. The SMILES string of the molecule is Cc1noc(CN2CC(CCN)c3ccccc32)n1. The van der Waals surface area contributed by atoms with Crippen LogP contribution in [-0.2, 0) is 6.54 Å². The van der Waals surface area contributed by atoms with Crippen molar-refractivity contribution in [2.24, 2.45) is 5.73 Å². The average molecular weight is 258 g/mol. The molecule has 5 nitrogen and oxygen atoms in total. The Morgan fingerprint density at radius 2 is 2.26 bits per heavy atom. The lowest BCUT2D eigenvalue weighted by Gasteiger charge is -2.17. The van der Waals surface area contributed by atoms with Crippen molar-refractivity contribution in [1.29, 1.82) is 0 Å². The van der Waals surface area contributed by atoms with Crippen molar-refractivity contribution in [2.75, 3.05) is 18.0 Å². The Kier molecular flexibility index (Phi) is 3.21. The molecule has 0 spiro atoms. The van der Waals surface area contributed by atoms with Gasteiger partial charge in [0.25, 0.3) is 0 Å². The third-order valence-corrected chi connectivity index (χ3v) is 3.57. The number of aryl methyl sites for hydroxylation is 1. The first-order chi connectivity index (χ1) is 9.28. The summed E-state index contributed by atoms with van der Waals surface area (Å²) in [5.74, 6) is 1.85. The van der Waals surface area contributed by atoms with Gasteiger partial charge in [-0.05, 0) is 31.5 Å². The topological polar surface area (TPSA) is 68.2 Å². The van der Waals surface area contributed by atoms with Crippen LogP contribution in [0.4, 0.5) is 5.69 Å². The van der Waals surface area contributed by atoms with Crippen LogP contribution < -0.4 is 10.6 Å². The Morgan fingerprint density at radius 3 is 3.00 bits per heavy atom. The molecule has 1 aliphatic heterocycles. The molecular formula is C14H18N4O. The molecule has 19 heavy (non-hydrogen) atoms. The van der Waals surface area contributed by atoms with Crippen LogP contribution in [0.5, 0.6) is 0 Å². The number of nitrogens with zero attached hydrogens (tertiary/aromatic N) is 3. The number of benzene rings is 1. The van der Waals surface area contributed by atoms with Crippen molar-refractivity contribution in [3.63, 3.8) is 0 Å². The fourth-order valence-corrected chi connectivity index (χ4v) is 2.75. The first kappa shape index (κ1) is 12.2. The predicted octanol–water partition coefficient (Wildman–Crippen LogP) is 1.83. The van der Waals surface area contributed by atoms with Crippen molar-refractivity contribution in [2.45, 2.75) is 25.8 Å². The minimum Gasteiger partial charge on any atom is -0.361 e. The predicted molar refractivity (Wildman–Crippen MR) is 72.9 cm³/mol. The molecule has 0 saturated heterocycles. The molecule has 1 aromatic carbocycles. The van der Waals surface area contributed by atoms with Crippen LogP contribution >= 0.6 is 0 Å². The van der Waals surface area contributed by atoms with Gasteiger partial charge in [-0.2, -0.15) is 4.98 Å². The minimum absolute atomic E-state index is 0.505. The quantitative estimate of drug-likeness (QED) is 0.906. The van der Waals surface area contributed by atoms with E-state index in [-0.39, 0.29) is 0 Å². The molecule has 100 valence electrons. The first-order valence-electron chi connectivity index (χ1n) is 6.61. The summed E-state index contributed by atoms with van der Waals surface area (Å²) >= 11 is 0. The highest BCUT2D eigenvalue weighted by Gasteiger charge is 2.28. The molecule has 2 aromatic rings. The lowest BCUT2D eigenvalue weighted by atomic mass is 9.98. The summed E-state index contributed by atoms with van der Waals surface area (Å²) in [6, 6.07) is 8.49. The van der Waals surface area contributed by atoms with Gasteiger partial charge in [-0.3, -0.25) is 0 Å².